The Morgan fingerprint density at radius 3 is 2.36 bits per heavy atom. The first-order chi connectivity index (χ1) is 11.9. The highest BCUT2D eigenvalue weighted by atomic mass is 19.1. The van der Waals surface area contributed by atoms with Gasteiger partial charge in [-0.25, -0.2) is 4.39 Å². The Morgan fingerprint density at radius 2 is 1.76 bits per heavy atom. The van der Waals surface area contributed by atoms with Gasteiger partial charge in [-0.05, 0) is 32.9 Å². The number of piperazine rings is 1. The molecule has 6 nitrogen and oxygen atoms in total. The van der Waals surface area contributed by atoms with Crippen LogP contribution in [-0.4, -0.2) is 66.4 Å². The molecule has 2 rings (SSSR count). The van der Waals surface area contributed by atoms with Crippen molar-refractivity contribution < 1.29 is 14.0 Å². The first-order valence-electron chi connectivity index (χ1n) is 8.68. The summed E-state index contributed by atoms with van der Waals surface area (Å²) in [5, 5.41) is 5.52. The number of hydrogen-bond donors (Lipinski definition) is 2. The van der Waals surface area contributed by atoms with Crippen LogP contribution >= 0.6 is 0 Å². The van der Waals surface area contributed by atoms with Crippen molar-refractivity contribution in [2.75, 3.05) is 38.0 Å². The van der Waals surface area contributed by atoms with Gasteiger partial charge in [-0.2, -0.15) is 0 Å². The van der Waals surface area contributed by atoms with Crippen molar-refractivity contribution in [3.05, 3.63) is 30.1 Å². The van der Waals surface area contributed by atoms with E-state index in [4.69, 9.17) is 0 Å². The lowest BCUT2D eigenvalue weighted by atomic mass is 10.2. The second-order valence-corrected chi connectivity index (χ2v) is 6.68. The molecule has 0 radical (unpaired) electrons. The average molecular weight is 350 g/mol. The van der Waals surface area contributed by atoms with Gasteiger partial charge < -0.3 is 10.6 Å². The number of amides is 2. The van der Waals surface area contributed by atoms with Crippen LogP contribution in [0.1, 0.15) is 20.8 Å². The van der Waals surface area contributed by atoms with Crippen LogP contribution in [0, 0.1) is 5.82 Å². The Labute approximate surface area is 148 Å². The van der Waals surface area contributed by atoms with Crippen LogP contribution < -0.4 is 10.6 Å². The monoisotopic (exact) mass is 350 g/mol. The number of carbonyl (C=O) groups excluding carboxylic acids is 2. The fourth-order valence-corrected chi connectivity index (χ4v) is 2.85. The van der Waals surface area contributed by atoms with E-state index in [0.717, 1.165) is 13.1 Å². The van der Waals surface area contributed by atoms with Crippen LogP contribution in [0.15, 0.2) is 24.3 Å². The van der Waals surface area contributed by atoms with Gasteiger partial charge in [0.25, 0.3) is 0 Å². The molecule has 138 valence electrons. The number of nitrogens with one attached hydrogen (secondary N) is 2. The molecule has 1 atom stereocenters. The molecular formula is C18H27FN4O2. The highest BCUT2D eigenvalue weighted by Crippen LogP contribution is 2.14. The minimum absolute atomic E-state index is 0.0220. The lowest BCUT2D eigenvalue weighted by Crippen LogP contribution is -2.54. The number of carbonyl (C=O) groups is 2. The van der Waals surface area contributed by atoms with E-state index in [1.807, 2.05) is 25.7 Å². The van der Waals surface area contributed by atoms with Gasteiger partial charge in [0.2, 0.25) is 11.8 Å². The maximum absolute atomic E-state index is 13.6. The van der Waals surface area contributed by atoms with E-state index in [9.17, 15) is 14.0 Å². The molecule has 0 spiro atoms. The number of nitrogens with zero attached hydrogens (tertiary/aromatic N) is 2. The van der Waals surface area contributed by atoms with Crippen LogP contribution in [0.3, 0.4) is 0 Å². The molecule has 1 aromatic carbocycles. The van der Waals surface area contributed by atoms with Crippen LogP contribution in [0.25, 0.3) is 0 Å². The van der Waals surface area contributed by atoms with Gasteiger partial charge in [0.1, 0.15) is 5.82 Å². The molecule has 0 unspecified atom stereocenters. The smallest absolute Gasteiger partial charge is 0.241 e. The van der Waals surface area contributed by atoms with E-state index < -0.39 is 5.82 Å². The third-order valence-corrected chi connectivity index (χ3v) is 4.28. The first kappa shape index (κ1) is 19.3. The highest BCUT2D eigenvalue weighted by Gasteiger charge is 2.26. The van der Waals surface area contributed by atoms with Crippen LogP contribution in [0.2, 0.25) is 0 Å². The van der Waals surface area contributed by atoms with Gasteiger partial charge >= 0.3 is 0 Å². The minimum Gasteiger partial charge on any atom is -0.353 e. The predicted octanol–water partition coefficient (Wildman–Crippen LogP) is 1.29. The van der Waals surface area contributed by atoms with Crippen molar-refractivity contribution in [3.63, 3.8) is 0 Å². The van der Waals surface area contributed by atoms with Crippen LogP contribution in [-0.2, 0) is 9.59 Å². The average Bonchev–Trinajstić information content (AvgIpc) is 2.56. The van der Waals surface area contributed by atoms with Crippen LogP contribution in [0.5, 0.6) is 0 Å². The van der Waals surface area contributed by atoms with Gasteiger partial charge in [0.05, 0.1) is 18.3 Å². The normalized spacial score (nSPS) is 17.3. The minimum atomic E-state index is -0.441. The van der Waals surface area contributed by atoms with Crippen molar-refractivity contribution in [2.45, 2.75) is 32.9 Å². The van der Waals surface area contributed by atoms with Gasteiger partial charge in [-0.3, -0.25) is 19.4 Å². The van der Waals surface area contributed by atoms with Gasteiger partial charge in [0, 0.05) is 32.2 Å². The third-order valence-electron chi connectivity index (χ3n) is 4.28. The standard InChI is InChI=1S/C18H27FN4O2/c1-13(2)20-17(24)12-22-8-10-23(11-9-22)14(3)18(25)21-16-7-5-4-6-15(16)19/h4-7,13-14H,8-12H2,1-3H3,(H,20,24)(H,21,25)/t14-/m1/s1. The molecule has 7 heteroatoms. The topological polar surface area (TPSA) is 64.7 Å². The molecule has 1 aromatic rings. The molecule has 1 aliphatic rings. The van der Waals surface area contributed by atoms with E-state index >= 15 is 0 Å². The lowest BCUT2D eigenvalue weighted by molar-refractivity contribution is -0.125. The Bertz CT molecular complexity index is 600. The summed E-state index contributed by atoms with van der Waals surface area (Å²) >= 11 is 0. The van der Waals surface area contributed by atoms with Crippen LogP contribution in [0.4, 0.5) is 10.1 Å². The zero-order valence-electron chi connectivity index (χ0n) is 15.1. The molecule has 0 saturated carbocycles. The second-order valence-electron chi connectivity index (χ2n) is 6.68. The zero-order chi connectivity index (χ0) is 18.4. The SMILES string of the molecule is CC(C)NC(=O)CN1CCN([C@H](C)C(=O)Nc2ccccc2F)CC1. The molecular weight excluding hydrogens is 323 g/mol. The van der Waals surface area contributed by atoms with E-state index in [1.165, 1.54) is 6.07 Å². The number of rotatable bonds is 6. The molecule has 2 amide bonds. The Hall–Kier alpha value is -1.99. The molecule has 0 bridgehead atoms. The molecule has 1 fully saturated rings. The van der Waals surface area contributed by atoms with E-state index in [1.54, 1.807) is 18.2 Å². The summed E-state index contributed by atoms with van der Waals surface area (Å²) in [5.41, 5.74) is 0.198. The molecule has 1 aliphatic heterocycles. The fraction of sp³-hybridized carbons (Fsp3) is 0.556. The van der Waals surface area contributed by atoms with E-state index in [-0.39, 0.29) is 29.6 Å². The summed E-state index contributed by atoms with van der Waals surface area (Å²) in [4.78, 5) is 28.3. The molecule has 0 aliphatic carbocycles. The van der Waals surface area contributed by atoms with Crippen molar-refractivity contribution in [2.24, 2.45) is 0 Å². The Balaban J connectivity index is 1.80. The summed E-state index contributed by atoms with van der Waals surface area (Å²) in [5.74, 6) is -0.645. The van der Waals surface area contributed by atoms with Crippen molar-refractivity contribution in [3.8, 4) is 0 Å². The second kappa shape index (κ2) is 8.92. The summed E-state index contributed by atoms with van der Waals surface area (Å²) in [6.45, 7) is 8.91. The molecule has 25 heavy (non-hydrogen) atoms. The fourth-order valence-electron chi connectivity index (χ4n) is 2.85. The summed E-state index contributed by atoms with van der Waals surface area (Å²) < 4.78 is 13.6. The van der Waals surface area contributed by atoms with Crippen molar-refractivity contribution >= 4 is 17.5 Å². The Kier molecular flexibility index (Phi) is 6.90. The first-order valence-corrected chi connectivity index (χ1v) is 8.68. The summed E-state index contributed by atoms with van der Waals surface area (Å²) in [6, 6.07) is 5.92. The lowest BCUT2D eigenvalue weighted by Gasteiger charge is -2.37. The summed E-state index contributed by atoms with van der Waals surface area (Å²) in [7, 11) is 0. The number of benzene rings is 1. The van der Waals surface area contributed by atoms with E-state index in [2.05, 4.69) is 15.5 Å². The summed E-state index contributed by atoms with van der Waals surface area (Å²) in [6.07, 6.45) is 0. The van der Waals surface area contributed by atoms with Gasteiger partial charge in [-0.15, -0.1) is 0 Å². The quantitative estimate of drug-likeness (QED) is 0.812. The van der Waals surface area contributed by atoms with Crippen molar-refractivity contribution in [1.82, 2.24) is 15.1 Å². The van der Waals surface area contributed by atoms with Crippen molar-refractivity contribution in [1.29, 1.82) is 0 Å². The number of para-hydroxylation sites is 1. The largest absolute Gasteiger partial charge is 0.353 e. The van der Waals surface area contributed by atoms with Gasteiger partial charge in [0.15, 0.2) is 0 Å². The third kappa shape index (κ3) is 5.79. The maximum Gasteiger partial charge on any atom is 0.241 e. The highest BCUT2D eigenvalue weighted by molar-refractivity contribution is 5.94. The number of hydrogen-bond acceptors (Lipinski definition) is 4. The van der Waals surface area contributed by atoms with E-state index in [0.29, 0.717) is 19.6 Å². The Morgan fingerprint density at radius 1 is 1.12 bits per heavy atom. The van der Waals surface area contributed by atoms with Gasteiger partial charge in [-0.1, -0.05) is 12.1 Å². The molecule has 2 N–H and O–H groups in total. The molecule has 1 heterocycles. The molecule has 1 saturated heterocycles. The maximum atomic E-state index is 13.6. The number of anilines is 1. The molecule has 0 aromatic heterocycles. The predicted molar refractivity (Wildman–Crippen MR) is 95.8 cm³/mol. The number of halogens is 1. The zero-order valence-corrected chi connectivity index (χ0v) is 15.1.